The molecule has 0 atom stereocenters. The highest BCUT2D eigenvalue weighted by Gasteiger charge is 2.19. The molecular weight excluding hydrogens is 392 g/mol. The van der Waals surface area contributed by atoms with Crippen molar-refractivity contribution in [1.82, 2.24) is 14.9 Å². The number of nitrogens with zero attached hydrogens (tertiary/aromatic N) is 4. The van der Waals surface area contributed by atoms with Crippen molar-refractivity contribution < 1.29 is 5.48 Å². The van der Waals surface area contributed by atoms with Gasteiger partial charge in [-0.15, -0.1) is 0 Å². The second-order valence-corrected chi connectivity index (χ2v) is 8.00. The smallest absolute Gasteiger partial charge is 0.253 e. The molecular formula is C23H26N6O2. The van der Waals surface area contributed by atoms with Crippen LogP contribution in [0.25, 0.3) is 10.9 Å². The monoisotopic (exact) mass is 418 g/mol. The minimum absolute atomic E-state index is 0. The van der Waals surface area contributed by atoms with Gasteiger partial charge in [0.25, 0.3) is 5.56 Å². The van der Waals surface area contributed by atoms with E-state index in [1.165, 1.54) is 5.56 Å². The number of benzene rings is 1. The van der Waals surface area contributed by atoms with Crippen LogP contribution in [0, 0.1) is 11.3 Å². The number of fused-ring (bicyclic) bond motifs is 3. The standard InChI is InChI=1S/C23H24N6O.H2O/c24-13-17-4-6-21(26-14-17)29-10-8-28(9-11-29)15-16-3-5-18-20(12-16)27-23(30)19-2-1-7-25-22(18)19;/h3-6,12,14,25H,1-2,7-11,15H2,(H,27,30);1H2. The molecule has 160 valence electrons. The zero-order valence-electron chi connectivity index (χ0n) is 17.3. The fourth-order valence-corrected chi connectivity index (χ4v) is 4.44. The molecule has 8 nitrogen and oxygen atoms in total. The number of aromatic amines is 1. The Hall–Kier alpha value is -3.41. The van der Waals surface area contributed by atoms with E-state index in [0.717, 1.165) is 80.1 Å². The van der Waals surface area contributed by atoms with Gasteiger partial charge >= 0.3 is 0 Å². The van der Waals surface area contributed by atoms with Crippen molar-refractivity contribution in [3.63, 3.8) is 0 Å². The lowest BCUT2D eigenvalue weighted by Crippen LogP contribution is -2.46. The molecule has 8 heteroatoms. The maximum absolute atomic E-state index is 12.5. The van der Waals surface area contributed by atoms with Gasteiger partial charge in [-0.2, -0.15) is 5.26 Å². The highest BCUT2D eigenvalue weighted by molar-refractivity contribution is 5.93. The fourth-order valence-electron chi connectivity index (χ4n) is 4.44. The number of nitrogens with one attached hydrogen (secondary N) is 2. The molecule has 0 unspecified atom stereocenters. The third kappa shape index (κ3) is 4.10. The first-order chi connectivity index (χ1) is 14.7. The van der Waals surface area contributed by atoms with Gasteiger partial charge in [-0.1, -0.05) is 12.1 Å². The molecule has 1 aromatic carbocycles. The van der Waals surface area contributed by atoms with Crippen molar-refractivity contribution in [3.8, 4) is 6.07 Å². The van der Waals surface area contributed by atoms with Crippen LogP contribution in [0.15, 0.2) is 41.3 Å². The Kier molecular flexibility index (Phi) is 5.89. The predicted molar refractivity (Wildman–Crippen MR) is 121 cm³/mol. The van der Waals surface area contributed by atoms with E-state index in [2.05, 4.69) is 49.4 Å². The maximum atomic E-state index is 12.5. The van der Waals surface area contributed by atoms with Gasteiger partial charge in [0.05, 0.1) is 16.8 Å². The van der Waals surface area contributed by atoms with Gasteiger partial charge < -0.3 is 20.7 Å². The van der Waals surface area contributed by atoms with Crippen molar-refractivity contribution >= 4 is 22.4 Å². The quantitative estimate of drug-likeness (QED) is 0.667. The van der Waals surface area contributed by atoms with E-state index in [1.807, 2.05) is 12.1 Å². The van der Waals surface area contributed by atoms with Crippen LogP contribution in [0.1, 0.15) is 23.1 Å². The molecule has 2 aliphatic heterocycles. The molecule has 0 radical (unpaired) electrons. The van der Waals surface area contributed by atoms with Crippen molar-refractivity contribution in [2.24, 2.45) is 0 Å². The van der Waals surface area contributed by atoms with Crippen LogP contribution in [0.2, 0.25) is 0 Å². The van der Waals surface area contributed by atoms with Gasteiger partial charge in [0.2, 0.25) is 0 Å². The van der Waals surface area contributed by atoms with E-state index < -0.39 is 0 Å². The van der Waals surface area contributed by atoms with Crippen LogP contribution in [0.5, 0.6) is 0 Å². The summed E-state index contributed by atoms with van der Waals surface area (Å²) in [5.41, 5.74) is 4.63. The first kappa shape index (κ1) is 20.8. The van der Waals surface area contributed by atoms with E-state index in [4.69, 9.17) is 5.26 Å². The average molecular weight is 419 g/mol. The van der Waals surface area contributed by atoms with Crippen LogP contribution >= 0.6 is 0 Å². The summed E-state index contributed by atoms with van der Waals surface area (Å²) in [4.78, 5) is 24.6. The van der Waals surface area contributed by atoms with Crippen LogP contribution in [-0.4, -0.2) is 53.1 Å². The Morgan fingerprint density at radius 1 is 1.13 bits per heavy atom. The Morgan fingerprint density at radius 2 is 1.97 bits per heavy atom. The number of nitriles is 1. The number of anilines is 2. The molecule has 2 aliphatic rings. The molecule has 0 aliphatic carbocycles. The minimum atomic E-state index is 0. The highest BCUT2D eigenvalue weighted by atomic mass is 16.1. The largest absolute Gasteiger partial charge is 0.412 e. The first-order valence-electron chi connectivity index (χ1n) is 10.5. The third-order valence-electron chi connectivity index (χ3n) is 6.06. The van der Waals surface area contributed by atoms with Gasteiger partial charge in [-0.05, 0) is 36.6 Å². The fraction of sp³-hybridized carbons (Fsp3) is 0.348. The molecule has 3 aromatic rings. The van der Waals surface area contributed by atoms with E-state index in [-0.39, 0.29) is 11.0 Å². The van der Waals surface area contributed by atoms with Gasteiger partial charge in [-0.25, -0.2) is 4.98 Å². The molecule has 0 amide bonds. The SMILES string of the molecule is N#Cc1ccc(N2CCN(Cc3ccc4c5c(c(=O)[nH]c4c3)CCCN5)CC2)nc1.O. The second kappa shape index (κ2) is 8.76. The Bertz CT molecular complexity index is 1170. The number of hydrogen-bond donors (Lipinski definition) is 2. The summed E-state index contributed by atoms with van der Waals surface area (Å²) < 4.78 is 0. The van der Waals surface area contributed by atoms with Crippen LogP contribution in [0.4, 0.5) is 11.5 Å². The Morgan fingerprint density at radius 3 is 2.71 bits per heavy atom. The molecule has 0 saturated carbocycles. The molecule has 4 N–H and O–H groups in total. The lowest BCUT2D eigenvalue weighted by atomic mass is 10.0. The molecule has 0 spiro atoms. The average Bonchev–Trinajstić information content (AvgIpc) is 2.80. The van der Waals surface area contributed by atoms with Gasteiger partial charge in [-0.3, -0.25) is 9.69 Å². The number of pyridine rings is 2. The summed E-state index contributed by atoms with van der Waals surface area (Å²) in [7, 11) is 0. The van der Waals surface area contributed by atoms with Crippen molar-refractivity contribution in [3.05, 3.63) is 63.6 Å². The molecule has 1 saturated heterocycles. The van der Waals surface area contributed by atoms with Crippen LogP contribution < -0.4 is 15.8 Å². The summed E-state index contributed by atoms with van der Waals surface area (Å²) in [5, 5.41) is 13.4. The second-order valence-electron chi connectivity index (χ2n) is 8.00. The zero-order valence-corrected chi connectivity index (χ0v) is 17.3. The Labute approximate surface area is 180 Å². The molecule has 2 aromatic heterocycles. The van der Waals surface area contributed by atoms with Crippen molar-refractivity contribution in [2.75, 3.05) is 42.9 Å². The van der Waals surface area contributed by atoms with Crippen molar-refractivity contribution in [2.45, 2.75) is 19.4 Å². The van der Waals surface area contributed by atoms with Gasteiger partial charge in [0, 0.05) is 56.4 Å². The molecule has 31 heavy (non-hydrogen) atoms. The first-order valence-corrected chi connectivity index (χ1v) is 10.5. The normalized spacial score (nSPS) is 16.2. The molecule has 4 heterocycles. The summed E-state index contributed by atoms with van der Waals surface area (Å²) in [6, 6.07) is 12.3. The van der Waals surface area contributed by atoms with Gasteiger partial charge in [0.15, 0.2) is 0 Å². The number of H-pyrrole nitrogens is 1. The number of hydrogen-bond acceptors (Lipinski definition) is 6. The lowest BCUT2D eigenvalue weighted by molar-refractivity contribution is 0.249. The summed E-state index contributed by atoms with van der Waals surface area (Å²) in [6.45, 7) is 5.48. The molecule has 1 fully saturated rings. The number of aromatic nitrogens is 2. The van der Waals surface area contributed by atoms with E-state index in [0.29, 0.717) is 5.56 Å². The summed E-state index contributed by atoms with van der Waals surface area (Å²) in [6.07, 6.45) is 3.47. The van der Waals surface area contributed by atoms with Gasteiger partial charge in [0.1, 0.15) is 11.9 Å². The van der Waals surface area contributed by atoms with Crippen LogP contribution in [0.3, 0.4) is 0 Å². The maximum Gasteiger partial charge on any atom is 0.253 e. The van der Waals surface area contributed by atoms with E-state index in [1.54, 1.807) is 6.20 Å². The molecule has 5 rings (SSSR count). The third-order valence-corrected chi connectivity index (χ3v) is 6.06. The number of rotatable bonds is 3. The lowest BCUT2D eigenvalue weighted by Gasteiger charge is -2.35. The topological polar surface area (TPSA) is 120 Å². The van der Waals surface area contributed by atoms with Crippen molar-refractivity contribution in [1.29, 1.82) is 5.26 Å². The Balaban J connectivity index is 0.00000231. The minimum Gasteiger partial charge on any atom is -0.412 e. The number of piperazine rings is 1. The predicted octanol–water partition coefficient (Wildman–Crippen LogP) is 1.65. The van der Waals surface area contributed by atoms with Crippen LogP contribution in [-0.2, 0) is 13.0 Å². The summed E-state index contributed by atoms with van der Waals surface area (Å²) in [5.74, 6) is 0.925. The van der Waals surface area contributed by atoms with E-state index in [9.17, 15) is 4.79 Å². The zero-order chi connectivity index (χ0) is 20.5. The van der Waals surface area contributed by atoms with E-state index >= 15 is 0 Å². The highest BCUT2D eigenvalue weighted by Crippen LogP contribution is 2.28. The molecule has 0 bridgehead atoms. The summed E-state index contributed by atoms with van der Waals surface area (Å²) >= 11 is 0.